The molecule has 1 atom stereocenters. The van der Waals surface area contributed by atoms with E-state index >= 15 is 0 Å². The van der Waals surface area contributed by atoms with Crippen LogP contribution in [0.4, 0.5) is 0 Å². The van der Waals surface area contributed by atoms with Crippen LogP contribution in [0.2, 0.25) is 0 Å². The second kappa shape index (κ2) is 7.52. The lowest BCUT2D eigenvalue weighted by Gasteiger charge is -2.31. The van der Waals surface area contributed by atoms with Crippen molar-refractivity contribution in [2.45, 2.75) is 18.9 Å². The Labute approximate surface area is 135 Å². The summed E-state index contributed by atoms with van der Waals surface area (Å²) in [5, 5.41) is 0. The van der Waals surface area contributed by atoms with Crippen LogP contribution < -0.4 is 5.73 Å². The van der Waals surface area contributed by atoms with Gasteiger partial charge in [-0.3, -0.25) is 4.90 Å². The molecule has 2 N–H and O–H groups in total. The zero-order valence-electron chi connectivity index (χ0n) is 11.1. The van der Waals surface area contributed by atoms with Crippen LogP contribution >= 0.6 is 43.2 Å². The summed E-state index contributed by atoms with van der Waals surface area (Å²) in [6, 6.07) is 2.47. The highest BCUT2D eigenvalue weighted by Gasteiger charge is 2.23. The van der Waals surface area contributed by atoms with Crippen LogP contribution in [0.1, 0.15) is 23.8 Å². The lowest BCUT2D eigenvalue weighted by Crippen LogP contribution is -2.35. The molecule has 1 aliphatic rings. The maximum Gasteiger partial charge on any atom is 0.0843 e. The van der Waals surface area contributed by atoms with Crippen molar-refractivity contribution in [3.63, 3.8) is 0 Å². The normalized spacial score (nSPS) is 19.0. The van der Waals surface area contributed by atoms with E-state index in [1.165, 1.54) is 17.7 Å². The third-order valence-electron chi connectivity index (χ3n) is 3.64. The van der Waals surface area contributed by atoms with Gasteiger partial charge in [0, 0.05) is 35.7 Å². The minimum Gasteiger partial charge on any atom is -0.381 e. The van der Waals surface area contributed by atoms with Crippen LogP contribution in [0.15, 0.2) is 14.3 Å². The molecule has 108 valence electrons. The van der Waals surface area contributed by atoms with Crippen molar-refractivity contribution in [3.8, 4) is 0 Å². The first-order valence-corrected chi connectivity index (χ1v) is 8.94. The van der Waals surface area contributed by atoms with Gasteiger partial charge in [-0.1, -0.05) is 0 Å². The molecule has 1 aliphatic heterocycles. The number of halogens is 2. The standard InChI is InChI=1S/C13H20Br2N2OS/c1-17(8-9-2-4-18-5-3-9)11(7-16)12-6-10(14)13(15)19-12/h6,9,11H,2-5,7-8,16H2,1H3. The first kappa shape index (κ1) is 15.9. The molecule has 6 heteroatoms. The summed E-state index contributed by atoms with van der Waals surface area (Å²) in [6.45, 7) is 3.56. The van der Waals surface area contributed by atoms with E-state index in [4.69, 9.17) is 10.5 Å². The number of hydrogen-bond donors (Lipinski definition) is 1. The molecular formula is C13H20Br2N2OS. The smallest absolute Gasteiger partial charge is 0.0843 e. The van der Waals surface area contributed by atoms with Crippen LogP contribution in [-0.4, -0.2) is 38.3 Å². The van der Waals surface area contributed by atoms with E-state index in [1.54, 1.807) is 11.3 Å². The highest BCUT2D eigenvalue weighted by Crippen LogP contribution is 2.37. The molecule has 2 rings (SSSR count). The molecule has 2 heterocycles. The fourth-order valence-corrected chi connectivity index (χ4v) is 4.77. The van der Waals surface area contributed by atoms with Gasteiger partial charge in [0.05, 0.1) is 9.83 Å². The van der Waals surface area contributed by atoms with E-state index in [0.717, 1.165) is 33.9 Å². The largest absolute Gasteiger partial charge is 0.381 e. The molecule has 1 unspecified atom stereocenters. The van der Waals surface area contributed by atoms with Gasteiger partial charge >= 0.3 is 0 Å². The van der Waals surface area contributed by atoms with Crippen LogP contribution in [-0.2, 0) is 4.74 Å². The van der Waals surface area contributed by atoms with Crippen LogP contribution in [0.5, 0.6) is 0 Å². The van der Waals surface area contributed by atoms with E-state index in [0.29, 0.717) is 12.6 Å². The molecule has 0 aromatic carbocycles. The van der Waals surface area contributed by atoms with E-state index in [9.17, 15) is 0 Å². The molecule has 1 fully saturated rings. The fourth-order valence-electron chi connectivity index (χ4n) is 2.50. The lowest BCUT2D eigenvalue weighted by molar-refractivity contribution is 0.0509. The Balaban J connectivity index is 1.99. The number of thiophene rings is 1. The van der Waals surface area contributed by atoms with E-state index in [1.807, 2.05) is 0 Å². The number of hydrogen-bond acceptors (Lipinski definition) is 4. The van der Waals surface area contributed by atoms with Gasteiger partial charge < -0.3 is 10.5 Å². The minimum absolute atomic E-state index is 0.301. The summed E-state index contributed by atoms with van der Waals surface area (Å²) in [6.07, 6.45) is 2.33. The summed E-state index contributed by atoms with van der Waals surface area (Å²) in [5.41, 5.74) is 5.98. The topological polar surface area (TPSA) is 38.5 Å². The maximum absolute atomic E-state index is 5.98. The number of rotatable bonds is 5. The summed E-state index contributed by atoms with van der Waals surface area (Å²) in [5.74, 6) is 0.736. The van der Waals surface area contributed by atoms with Gasteiger partial charge in [0.15, 0.2) is 0 Å². The Morgan fingerprint density at radius 2 is 2.16 bits per heavy atom. The maximum atomic E-state index is 5.98. The van der Waals surface area contributed by atoms with Gasteiger partial charge in [-0.05, 0) is 63.7 Å². The third kappa shape index (κ3) is 4.25. The van der Waals surface area contributed by atoms with Gasteiger partial charge in [-0.15, -0.1) is 11.3 Å². The Morgan fingerprint density at radius 3 is 2.68 bits per heavy atom. The van der Waals surface area contributed by atoms with Crippen molar-refractivity contribution in [1.82, 2.24) is 4.90 Å². The average Bonchev–Trinajstić information content (AvgIpc) is 2.71. The molecule has 1 saturated heterocycles. The van der Waals surface area contributed by atoms with Crippen molar-refractivity contribution in [3.05, 3.63) is 19.2 Å². The second-order valence-electron chi connectivity index (χ2n) is 5.02. The quantitative estimate of drug-likeness (QED) is 0.803. The molecular weight excluding hydrogens is 392 g/mol. The van der Waals surface area contributed by atoms with Gasteiger partial charge in [-0.25, -0.2) is 0 Å². The molecule has 0 amide bonds. The number of nitrogens with two attached hydrogens (primary N) is 1. The van der Waals surface area contributed by atoms with Crippen molar-refractivity contribution in [1.29, 1.82) is 0 Å². The molecule has 1 aromatic rings. The molecule has 0 aliphatic carbocycles. The molecule has 0 saturated carbocycles. The zero-order valence-corrected chi connectivity index (χ0v) is 15.1. The summed E-state index contributed by atoms with van der Waals surface area (Å²) >= 11 is 8.87. The predicted molar refractivity (Wildman–Crippen MR) is 87.7 cm³/mol. The Hall–Kier alpha value is 0.540. The highest BCUT2D eigenvalue weighted by atomic mass is 79.9. The van der Waals surface area contributed by atoms with Crippen molar-refractivity contribution in [2.24, 2.45) is 11.7 Å². The summed E-state index contributed by atoms with van der Waals surface area (Å²) < 4.78 is 7.67. The first-order valence-electron chi connectivity index (χ1n) is 6.54. The number of likely N-dealkylation sites (N-methyl/N-ethyl adjacent to an activating group) is 1. The molecule has 1 aromatic heterocycles. The predicted octanol–water partition coefficient (Wildman–Crippen LogP) is 3.63. The van der Waals surface area contributed by atoms with Gasteiger partial charge in [0.1, 0.15) is 0 Å². The fraction of sp³-hybridized carbons (Fsp3) is 0.692. The van der Waals surface area contributed by atoms with Gasteiger partial charge in [0.25, 0.3) is 0 Å². The molecule has 0 bridgehead atoms. The Kier molecular flexibility index (Phi) is 6.30. The molecule has 3 nitrogen and oxygen atoms in total. The van der Waals surface area contributed by atoms with Gasteiger partial charge in [-0.2, -0.15) is 0 Å². The molecule has 0 spiro atoms. The first-order chi connectivity index (χ1) is 9.11. The number of nitrogens with zero attached hydrogens (tertiary/aromatic N) is 1. The summed E-state index contributed by atoms with van der Waals surface area (Å²) in [7, 11) is 2.18. The zero-order chi connectivity index (χ0) is 13.8. The minimum atomic E-state index is 0.301. The lowest BCUT2D eigenvalue weighted by atomic mass is 9.99. The van der Waals surface area contributed by atoms with E-state index < -0.39 is 0 Å². The monoisotopic (exact) mass is 410 g/mol. The van der Waals surface area contributed by atoms with E-state index in [-0.39, 0.29) is 0 Å². The second-order valence-corrected chi connectivity index (χ2v) is 8.27. The average molecular weight is 412 g/mol. The summed E-state index contributed by atoms with van der Waals surface area (Å²) in [4.78, 5) is 3.71. The van der Waals surface area contributed by atoms with Crippen LogP contribution in [0.3, 0.4) is 0 Å². The van der Waals surface area contributed by atoms with Crippen molar-refractivity contribution in [2.75, 3.05) is 33.4 Å². The third-order valence-corrected chi connectivity index (χ3v) is 6.99. The Bertz CT molecular complexity index is 388. The van der Waals surface area contributed by atoms with Crippen LogP contribution in [0.25, 0.3) is 0 Å². The van der Waals surface area contributed by atoms with E-state index in [2.05, 4.69) is 49.9 Å². The SMILES string of the molecule is CN(CC1CCOCC1)C(CN)c1cc(Br)c(Br)s1. The number of ether oxygens (including phenoxy) is 1. The van der Waals surface area contributed by atoms with Crippen LogP contribution in [0, 0.1) is 5.92 Å². The van der Waals surface area contributed by atoms with Crippen molar-refractivity contribution < 1.29 is 4.74 Å². The van der Waals surface area contributed by atoms with Gasteiger partial charge in [0.2, 0.25) is 0 Å². The highest BCUT2D eigenvalue weighted by molar-refractivity contribution is 9.13. The Morgan fingerprint density at radius 1 is 1.47 bits per heavy atom. The molecule has 0 radical (unpaired) electrons. The molecule has 19 heavy (non-hydrogen) atoms. The van der Waals surface area contributed by atoms with Crippen molar-refractivity contribution >= 4 is 43.2 Å².